The number of amides is 4. The Kier molecular flexibility index (Phi) is 17.4. The van der Waals surface area contributed by atoms with Gasteiger partial charge in [-0.1, -0.05) is 6.07 Å². The number of rotatable bonds is 0. The Morgan fingerprint density at radius 3 is 1.13 bits per heavy atom. The standard InChI is InChI=1S/C5H5N.2CH4N2O.FH/c1-2-4-6-5-3-1;2*2-1(3)4;/h1-5H;2*(H4,2,3,4);1H. The normalized spacial score (nSPS) is 6.40. The molecule has 7 nitrogen and oxygen atoms in total. The van der Waals surface area contributed by atoms with Crippen LogP contribution in [0.1, 0.15) is 0 Å². The van der Waals surface area contributed by atoms with Crippen molar-refractivity contribution < 1.29 is 14.3 Å². The van der Waals surface area contributed by atoms with Crippen LogP contribution in [0.15, 0.2) is 30.6 Å². The lowest BCUT2D eigenvalue weighted by atomic mass is 10.5. The summed E-state index contributed by atoms with van der Waals surface area (Å²) in [4.78, 5) is 21.8. The van der Waals surface area contributed by atoms with Gasteiger partial charge in [-0.2, -0.15) is 0 Å². The van der Waals surface area contributed by atoms with E-state index in [1.165, 1.54) is 0 Å². The summed E-state index contributed by atoms with van der Waals surface area (Å²) in [6.07, 6.45) is 3.50. The molecule has 1 rings (SSSR count). The van der Waals surface area contributed by atoms with Crippen molar-refractivity contribution in [3.05, 3.63) is 30.6 Å². The van der Waals surface area contributed by atoms with Gasteiger partial charge in [0.1, 0.15) is 0 Å². The van der Waals surface area contributed by atoms with E-state index in [9.17, 15) is 0 Å². The predicted octanol–water partition coefficient (Wildman–Crippen LogP) is -0.718. The Morgan fingerprint density at radius 2 is 1.07 bits per heavy atom. The number of aromatic nitrogens is 1. The average Bonchev–Trinajstić information content (AvgIpc) is 2.05. The van der Waals surface area contributed by atoms with Crippen molar-refractivity contribution in [2.75, 3.05) is 0 Å². The lowest BCUT2D eigenvalue weighted by molar-refractivity contribution is 0.255. The van der Waals surface area contributed by atoms with E-state index in [-0.39, 0.29) is 4.70 Å². The molecule has 0 saturated carbocycles. The fourth-order valence-corrected chi connectivity index (χ4v) is 0.313. The van der Waals surface area contributed by atoms with E-state index in [0.29, 0.717) is 0 Å². The Morgan fingerprint density at radius 1 is 0.800 bits per heavy atom. The lowest BCUT2D eigenvalue weighted by Gasteiger charge is -1.70. The topological polar surface area (TPSA) is 151 Å². The molecule has 0 radical (unpaired) electrons. The van der Waals surface area contributed by atoms with Crippen LogP contribution >= 0.6 is 0 Å². The average molecular weight is 219 g/mol. The molecule has 0 spiro atoms. The largest absolute Gasteiger partial charge is 0.352 e. The van der Waals surface area contributed by atoms with Gasteiger partial charge >= 0.3 is 12.1 Å². The van der Waals surface area contributed by atoms with Crippen LogP contribution in [0.25, 0.3) is 0 Å². The molecule has 0 aliphatic carbocycles. The molecule has 8 N–H and O–H groups in total. The number of halogens is 1. The summed E-state index contributed by atoms with van der Waals surface area (Å²) < 4.78 is 0. The van der Waals surface area contributed by atoms with Crippen LogP contribution in [-0.4, -0.2) is 17.0 Å². The molecule has 0 saturated heterocycles. The highest BCUT2D eigenvalue weighted by Crippen LogP contribution is 1.73. The highest BCUT2D eigenvalue weighted by Gasteiger charge is 1.61. The summed E-state index contributed by atoms with van der Waals surface area (Å²) in [7, 11) is 0. The van der Waals surface area contributed by atoms with E-state index in [1.807, 2.05) is 18.2 Å². The Bertz CT molecular complexity index is 210. The summed E-state index contributed by atoms with van der Waals surface area (Å²) in [5, 5.41) is 0. The van der Waals surface area contributed by atoms with E-state index < -0.39 is 12.1 Å². The fraction of sp³-hybridized carbons (Fsp3) is 0. The molecule has 0 aliphatic rings. The third-order valence-corrected chi connectivity index (χ3v) is 0.566. The van der Waals surface area contributed by atoms with Crippen LogP contribution < -0.4 is 22.9 Å². The monoisotopic (exact) mass is 219 g/mol. The Labute approximate surface area is 85.8 Å². The molecular formula is C7H14FN5O2. The van der Waals surface area contributed by atoms with Crippen LogP contribution in [-0.2, 0) is 0 Å². The second-order valence-corrected chi connectivity index (χ2v) is 1.83. The number of hydrogen-bond acceptors (Lipinski definition) is 3. The van der Waals surface area contributed by atoms with Gasteiger partial charge in [0, 0.05) is 12.4 Å². The third-order valence-electron chi connectivity index (χ3n) is 0.566. The third kappa shape index (κ3) is 82.1. The summed E-state index contributed by atoms with van der Waals surface area (Å²) in [5.41, 5.74) is 17.0. The maximum absolute atomic E-state index is 9.00. The number of carbonyl (C=O) groups excluding carboxylic acids is 2. The van der Waals surface area contributed by atoms with E-state index in [2.05, 4.69) is 27.9 Å². The first-order chi connectivity index (χ1) is 6.46. The van der Waals surface area contributed by atoms with Gasteiger partial charge in [0.05, 0.1) is 0 Å². The first kappa shape index (κ1) is 18.4. The van der Waals surface area contributed by atoms with Crippen molar-refractivity contribution in [1.29, 1.82) is 0 Å². The SMILES string of the molecule is F.NC(N)=O.NC(N)=O.c1ccncc1. The molecule has 0 atom stereocenters. The van der Waals surface area contributed by atoms with Crippen LogP contribution in [0.4, 0.5) is 14.3 Å². The zero-order chi connectivity index (χ0) is 11.4. The molecule has 15 heavy (non-hydrogen) atoms. The summed E-state index contributed by atoms with van der Waals surface area (Å²) in [6.45, 7) is 0. The first-order valence-corrected chi connectivity index (χ1v) is 3.41. The molecule has 4 amide bonds. The van der Waals surface area contributed by atoms with E-state index in [0.717, 1.165) is 0 Å². The molecular weight excluding hydrogens is 205 g/mol. The van der Waals surface area contributed by atoms with E-state index >= 15 is 0 Å². The number of urea groups is 2. The van der Waals surface area contributed by atoms with Crippen LogP contribution in [0.5, 0.6) is 0 Å². The molecule has 1 aromatic heterocycles. The number of hydrogen-bond donors (Lipinski definition) is 4. The van der Waals surface area contributed by atoms with Gasteiger partial charge in [-0.15, -0.1) is 0 Å². The van der Waals surface area contributed by atoms with Crippen molar-refractivity contribution >= 4 is 12.1 Å². The molecule has 0 fully saturated rings. The molecule has 1 heterocycles. The van der Waals surface area contributed by atoms with Gasteiger partial charge in [0.2, 0.25) is 0 Å². The molecule has 0 unspecified atom stereocenters. The molecule has 86 valence electrons. The number of nitrogens with two attached hydrogens (primary N) is 4. The number of carbonyl (C=O) groups is 2. The van der Waals surface area contributed by atoms with Crippen LogP contribution in [0.2, 0.25) is 0 Å². The zero-order valence-corrected chi connectivity index (χ0v) is 7.87. The van der Waals surface area contributed by atoms with Gasteiger partial charge in [-0.3, -0.25) is 9.69 Å². The number of primary amides is 4. The minimum Gasteiger partial charge on any atom is -0.352 e. The predicted molar refractivity (Wildman–Crippen MR) is 54.3 cm³/mol. The molecule has 8 heteroatoms. The number of pyridine rings is 1. The van der Waals surface area contributed by atoms with Crippen molar-refractivity contribution in [2.45, 2.75) is 0 Å². The molecule has 1 aromatic rings. The number of nitrogens with zero attached hydrogens (tertiary/aromatic N) is 1. The van der Waals surface area contributed by atoms with Crippen molar-refractivity contribution in [3.8, 4) is 0 Å². The summed E-state index contributed by atoms with van der Waals surface area (Å²) in [5.74, 6) is 0. The molecule has 0 aliphatic heterocycles. The van der Waals surface area contributed by atoms with Crippen LogP contribution in [0.3, 0.4) is 0 Å². The van der Waals surface area contributed by atoms with Gasteiger partial charge in [0.15, 0.2) is 0 Å². The minimum atomic E-state index is -0.833. The summed E-state index contributed by atoms with van der Waals surface area (Å²) in [6, 6.07) is 4.05. The van der Waals surface area contributed by atoms with Gasteiger partial charge in [-0.25, -0.2) is 9.59 Å². The van der Waals surface area contributed by atoms with Gasteiger partial charge in [-0.05, 0) is 12.1 Å². The van der Waals surface area contributed by atoms with Crippen molar-refractivity contribution in [1.82, 2.24) is 4.98 Å². The quantitative estimate of drug-likeness (QED) is 0.455. The smallest absolute Gasteiger partial charge is 0.309 e. The maximum atomic E-state index is 9.00. The second-order valence-electron chi connectivity index (χ2n) is 1.83. The summed E-state index contributed by atoms with van der Waals surface area (Å²) >= 11 is 0. The minimum absolute atomic E-state index is 0. The molecule has 0 aromatic carbocycles. The van der Waals surface area contributed by atoms with Crippen molar-refractivity contribution in [2.24, 2.45) is 22.9 Å². The molecule has 0 bridgehead atoms. The van der Waals surface area contributed by atoms with E-state index in [1.54, 1.807) is 12.4 Å². The second kappa shape index (κ2) is 14.2. The first-order valence-electron chi connectivity index (χ1n) is 3.41. The van der Waals surface area contributed by atoms with Crippen LogP contribution in [0, 0.1) is 0 Å². The van der Waals surface area contributed by atoms with Gasteiger partial charge in [0.25, 0.3) is 0 Å². The zero-order valence-electron chi connectivity index (χ0n) is 7.87. The highest BCUT2D eigenvalue weighted by atomic mass is 19.0. The van der Waals surface area contributed by atoms with E-state index in [4.69, 9.17) is 9.59 Å². The highest BCUT2D eigenvalue weighted by molar-refractivity contribution is 5.69. The Balaban J connectivity index is -0.000000145. The Hall–Kier alpha value is -2.38. The fourth-order valence-electron chi connectivity index (χ4n) is 0.313. The maximum Gasteiger partial charge on any atom is 0.309 e. The lowest BCUT2D eigenvalue weighted by Crippen LogP contribution is -2.18. The van der Waals surface area contributed by atoms with Gasteiger partial charge < -0.3 is 22.9 Å². The van der Waals surface area contributed by atoms with Crippen molar-refractivity contribution in [3.63, 3.8) is 0 Å².